The Morgan fingerprint density at radius 2 is 1.65 bits per heavy atom. The summed E-state index contributed by atoms with van der Waals surface area (Å²) < 4.78 is 5.79. The third kappa shape index (κ3) is 5.18. The standard InChI is InChI=1S/C26H30N4O2S2/c1-16(2)14-15-30-17(3)22(23(27-26(30)31)18-6-10-20(33-4)11-7-18)25-28-24(29-32-25)19-8-12-21(34-5)13-9-19/h6-13,16,23H,14-15H2,1-5H3,(H,27,31). The van der Waals surface area contributed by atoms with E-state index in [1.54, 1.807) is 28.4 Å². The van der Waals surface area contributed by atoms with Gasteiger partial charge in [-0.05, 0) is 73.7 Å². The largest absolute Gasteiger partial charge is 0.334 e. The fraction of sp³-hybridized carbons (Fsp3) is 0.346. The van der Waals surface area contributed by atoms with Gasteiger partial charge in [0.25, 0.3) is 5.89 Å². The number of amides is 2. The molecule has 2 heterocycles. The Kier molecular flexibility index (Phi) is 7.68. The second kappa shape index (κ2) is 10.7. The summed E-state index contributed by atoms with van der Waals surface area (Å²) in [7, 11) is 0. The first-order valence-corrected chi connectivity index (χ1v) is 13.8. The summed E-state index contributed by atoms with van der Waals surface area (Å²) in [6.07, 6.45) is 5.00. The minimum Gasteiger partial charge on any atom is -0.334 e. The SMILES string of the molecule is CSc1ccc(-c2noc(C3=C(C)N(CCC(C)C)C(=O)NC3c3ccc(SC)cc3)n2)cc1. The molecule has 1 unspecified atom stereocenters. The number of nitrogens with zero attached hydrogens (tertiary/aromatic N) is 3. The van der Waals surface area contributed by atoms with E-state index in [0.29, 0.717) is 24.2 Å². The van der Waals surface area contributed by atoms with Gasteiger partial charge >= 0.3 is 6.03 Å². The Labute approximate surface area is 209 Å². The van der Waals surface area contributed by atoms with Crippen molar-refractivity contribution in [1.82, 2.24) is 20.4 Å². The molecule has 0 saturated heterocycles. The Bertz CT molecular complexity index is 1170. The van der Waals surface area contributed by atoms with Gasteiger partial charge < -0.3 is 9.84 Å². The lowest BCUT2D eigenvalue weighted by Crippen LogP contribution is -2.46. The van der Waals surface area contributed by atoms with Crippen LogP contribution in [0.25, 0.3) is 17.0 Å². The molecule has 8 heteroatoms. The number of benzene rings is 2. The molecule has 0 fully saturated rings. The molecule has 1 atom stereocenters. The van der Waals surface area contributed by atoms with Gasteiger partial charge in [0.1, 0.15) is 0 Å². The lowest BCUT2D eigenvalue weighted by atomic mass is 9.94. The van der Waals surface area contributed by atoms with Crippen LogP contribution in [0.1, 0.15) is 44.7 Å². The molecule has 1 N–H and O–H groups in total. The first-order valence-electron chi connectivity index (χ1n) is 11.3. The highest BCUT2D eigenvalue weighted by Gasteiger charge is 2.35. The third-order valence-electron chi connectivity index (χ3n) is 5.98. The molecule has 0 spiro atoms. The van der Waals surface area contributed by atoms with Crippen molar-refractivity contribution in [2.24, 2.45) is 5.92 Å². The van der Waals surface area contributed by atoms with E-state index in [1.807, 2.05) is 55.8 Å². The molecule has 178 valence electrons. The monoisotopic (exact) mass is 494 g/mol. The van der Waals surface area contributed by atoms with Gasteiger partial charge in [-0.25, -0.2) is 4.79 Å². The zero-order valence-electron chi connectivity index (χ0n) is 20.2. The van der Waals surface area contributed by atoms with Crippen LogP contribution in [-0.2, 0) is 0 Å². The molecular weight excluding hydrogens is 464 g/mol. The average Bonchev–Trinajstić information content (AvgIpc) is 3.33. The van der Waals surface area contributed by atoms with Crippen molar-refractivity contribution in [3.63, 3.8) is 0 Å². The minimum absolute atomic E-state index is 0.103. The maximum absolute atomic E-state index is 13.1. The molecule has 0 bridgehead atoms. The van der Waals surface area contributed by atoms with Gasteiger partial charge in [-0.15, -0.1) is 23.5 Å². The van der Waals surface area contributed by atoms with Crippen LogP contribution in [-0.4, -0.2) is 40.1 Å². The number of hydrogen-bond acceptors (Lipinski definition) is 6. The normalized spacial score (nSPS) is 16.4. The van der Waals surface area contributed by atoms with Gasteiger partial charge in [0.15, 0.2) is 0 Å². The summed E-state index contributed by atoms with van der Waals surface area (Å²) in [4.78, 5) is 22.0. The molecule has 2 aromatic carbocycles. The van der Waals surface area contributed by atoms with Crippen molar-refractivity contribution in [2.45, 2.75) is 43.0 Å². The summed E-state index contributed by atoms with van der Waals surface area (Å²) in [6.45, 7) is 6.91. The zero-order chi connectivity index (χ0) is 24.2. The molecule has 0 radical (unpaired) electrons. The molecule has 0 saturated carbocycles. The predicted molar refractivity (Wildman–Crippen MR) is 140 cm³/mol. The van der Waals surface area contributed by atoms with E-state index in [1.165, 1.54) is 9.79 Å². The second-order valence-corrected chi connectivity index (χ2v) is 10.4. The third-order valence-corrected chi connectivity index (χ3v) is 7.47. The van der Waals surface area contributed by atoms with Gasteiger partial charge in [-0.2, -0.15) is 4.98 Å². The topological polar surface area (TPSA) is 71.3 Å². The molecular formula is C26H30N4O2S2. The second-order valence-electron chi connectivity index (χ2n) is 8.64. The van der Waals surface area contributed by atoms with Crippen molar-refractivity contribution in [3.05, 3.63) is 65.7 Å². The molecule has 4 rings (SSSR count). The maximum atomic E-state index is 13.1. The van der Waals surface area contributed by atoms with Crippen molar-refractivity contribution < 1.29 is 9.32 Å². The van der Waals surface area contributed by atoms with Crippen LogP contribution < -0.4 is 5.32 Å². The number of aromatic nitrogens is 2. The minimum atomic E-state index is -0.370. The zero-order valence-corrected chi connectivity index (χ0v) is 21.8. The van der Waals surface area contributed by atoms with Crippen LogP contribution in [0.5, 0.6) is 0 Å². The van der Waals surface area contributed by atoms with E-state index in [-0.39, 0.29) is 12.1 Å². The Hall–Kier alpha value is -2.71. The number of thioether (sulfide) groups is 2. The number of carbonyl (C=O) groups is 1. The number of urea groups is 1. The summed E-state index contributed by atoms with van der Waals surface area (Å²) in [5.41, 5.74) is 3.55. The van der Waals surface area contributed by atoms with Crippen molar-refractivity contribution >= 4 is 35.1 Å². The molecule has 6 nitrogen and oxygen atoms in total. The number of nitrogens with one attached hydrogen (secondary N) is 1. The number of hydrogen-bond donors (Lipinski definition) is 1. The molecule has 1 aliphatic rings. The lowest BCUT2D eigenvalue weighted by Gasteiger charge is -2.35. The molecule has 1 aliphatic heterocycles. The van der Waals surface area contributed by atoms with E-state index in [2.05, 4.69) is 36.5 Å². The highest BCUT2D eigenvalue weighted by molar-refractivity contribution is 7.98. The molecule has 0 aliphatic carbocycles. The predicted octanol–water partition coefficient (Wildman–Crippen LogP) is 6.72. The van der Waals surface area contributed by atoms with E-state index in [0.717, 1.165) is 28.8 Å². The van der Waals surface area contributed by atoms with Gasteiger partial charge in [-0.3, -0.25) is 4.90 Å². The first kappa shape index (κ1) is 24.4. The van der Waals surface area contributed by atoms with Gasteiger partial charge in [0.2, 0.25) is 5.82 Å². The lowest BCUT2D eigenvalue weighted by molar-refractivity contribution is 0.202. The fourth-order valence-electron chi connectivity index (χ4n) is 3.95. The van der Waals surface area contributed by atoms with Crippen LogP contribution in [0.2, 0.25) is 0 Å². The van der Waals surface area contributed by atoms with Crippen molar-refractivity contribution in [2.75, 3.05) is 19.1 Å². The van der Waals surface area contributed by atoms with Gasteiger partial charge in [0.05, 0.1) is 11.6 Å². The molecule has 3 aromatic rings. The summed E-state index contributed by atoms with van der Waals surface area (Å²) >= 11 is 3.38. The Balaban J connectivity index is 1.75. The number of allylic oxidation sites excluding steroid dienone is 1. The summed E-state index contributed by atoms with van der Waals surface area (Å²) in [5, 5.41) is 7.44. The highest BCUT2D eigenvalue weighted by Crippen LogP contribution is 2.38. The highest BCUT2D eigenvalue weighted by atomic mass is 32.2. The van der Waals surface area contributed by atoms with Crippen LogP contribution in [0.3, 0.4) is 0 Å². The Morgan fingerprint density at radius 1 is 1.03 bits per heavy atom. The van der Waals surface area contributed by atoms with Crippen LogP contribution >= 0.6 is 23.5 Å². The van der Waals surface area contributed by atoms with Crippen LogP contribution in [0.15, 0.2) is 68.5 Å². The van der Waals surface area contributed by atoms with E-state index in [9.17, 15) is 4.79 Å². The number of rotatable bonds is 8. The van der Waals surface area contributed by atoms with Crippen molar-refractivity contribution in [1.29, 1.82) is 0 Å². The van der Waals surface area contributed by atoms with Gasteiger partial charge in [0, 0.05) is 27.6 Å². The van der Waals surface area contributed by atoms with E-state index in [4.69, 9.17) is 9.51 Å². The van der Waals surface area contributed by atoms with Crippen molar-refractivity contribution in [3.8, 4) is 11.4 Å². The molecule has 2 amide bonds. The molecule has 34 heavy (non-hydrogen) atoms. The average molecular weight is 495 g/mol. The maximum Gasteiger partial charge on any atom is 0.322 e. The van der Waals surface area contributed by atoms with E-state index >= 15 is 0 Å². The molecule has 1 aromatic heterocycles. The Morgan fingerprint density at radius 3 is 2.24 bits per heavy atom. The quantitative estimate of drug-likeness (QED) is 0.350. The first-order chi connectivity index (χ1) is 16.4. The van der Waals surface area contributed by atoms with E-state index < -0.39 is 0 Å². The smallest absolute Gasteiger partial charge is 0.322 e. The fourth-order valence-corrected chi connectivity index (χ4v) is 4.77. The van der Waals surface area contributed by atoms with Crippen LogP contribution in [0.4, 0.5) is 4.79 Å². The number of carbonyl (C=O) groups excluding carboxylic acids is 1. The van der Waals surface area contributed by atoms with Crippen LogP contribution in [0, 0.1) is 5.92 Å². The van der Waals surface area contributed by atoms with Gasteiger partial charge in [-0.1, -0.05) is 31.1 Å². The summed E-state index contributed by atoms with van der Waals surface area (Å²) in [6, 6.07) is 15.8. The summed E-state index contributed by atoms with van der Waals surface area (Å²) in [5.74, 6) is 1.44.